The molecule has 2 aromatic carbocycles. The number of aromatic nitrogens is 2. The van der Waals surface area contributed by atoms with E-state index < -0.39 is 88.2 Å². The average Bonchev–Trinajstić information content (AvgIpc) is 1.47. The van der Waals surface area contributed by atoms with E-state index in [1.165, 1.54) is 22.1 Å². The number of pyridine rings is 2. The Labute approximate surface area is 557 Å². The van der Waals surface area contributed by atoms with Crippen LogP contribution in [0.2, 0.25) is 0 Å². The normalized spacial score (nSPS) is 14.7. The Bertz CT molecular complexity index is 3440. The first-order valence-corrected chi connectivity index (χ1v) is 33.7. The molecule has 0 spiro atoms. The molecule has 4 aromatic rings. The topological polar surface area (TPSA) is 382 Å². The van der Waals surface area contributed by atoms with Crippen molar-refractivity contribution in [3.05, 3.63) is 103 Å². The standard InChI is InChI=1S/C64H90N10O21S/c1-8-64(52-37-54-58-50(38-73(54)61(79)51(52)40-93-62(64)80)48(49-11-9-10-12-53(49)70-58)17-20-74(44(4)5)96(7,82)83)95-63(81)94-39-46-13-15-47(16-14-46)69-59(77)45(6)68-60(78)57(43(2)3)71-56(76)42-92-41-55(75)66-18-21-84-23-25-86-27-29-88-31-33-90-35-36-91-34-32-89-30-28-87-26-24-85-22-19-67-72-65/h9-16,37,43-45,57H,8,17-36,38-42H2,1-7H3,(H,66,75)(H,68,78)(H,69,77)(H,71,76)/t45-,57-,64-/m0/s1. The monoisotopic (exact) mass is 1370 g/mol. The Balaban J connectivity index is 0.828. The van der Waals surface area contributed by atoms with Crippen molar-refractivity contribution in [3.8, 4) is 11.4 Å². The molecule has 4 heterocycles. The van der Waals surface area contributed by atoms with Crippen LogP contribution >= 0.6 is 0 Å². The molecule has 0 saturated heterocycles. The molecule has 0 saturated carbocycles. The summed E-state index contributed by atoms with van der Waals surface area (Å²) in [6.45, 7) is 15.5. The van der Waals surface area contributed by atoms with Crippen molar-refractivity contribution in [1.29, 1.82) is 0 Å². The molecule has 6 rings (SSSR count). The maximum absolute atomic E-state index is 14.4. The molecule has 2 aliphatic heterocycles. The highest BCUT2D eigenvalue weighted by Gasteiger charge is 2.51. The Kier molecular flexibility index (Phi) is 32.3. The van der Waals surface area contributed by atoms with Gasteiger partial charge in [0.05, 0.1) is 141 Å². The van der Waals surface area contributed by atoms with Crippen molar-refractivity contribution in [1.82, 2.24) is 29.8 Å². The summed E-state index contributed by atoms with van der Waals surface area (Å²) in [7, 11) is -3.54. The van der Waals surface area contributed by atoms with Crippen LogP contribution in [0.25, 0.3) is 32.7 Å². The van der Waals surface area contributed by atoms with Crippen LogP contribution in [0.15, 0.2) is 64.5 Å². The lowest BCUT2D eigenvalue weighted by Crippen LogP contribution is -2.54. The van der Waals surface area contributed by atoms with E-state index in [9.17, 15) is 42.0 Å². The van der Waals surface area contributed by atoms with E-state index in [-0.39, 0.29) is 63.0 Å². The number of azide groups is 1. The molecule has 32 heteroatoms. The predicted molar refractivity (Wildman–Crippen MR) is 348 cm³/mol. The number of hydrogen-bond acceptors (Lipinski definition) is 23. The lowest BCUT2D eigenvalue weighted by atomic mass is 9.85. The fourth-order valence-electron chi connectivity index (χ4n) is 10.3. The molecule has 4 N–H and O–H groups in total. The number of hydrogen-bond donors (Lipinski definition) is 4. The SMILES string of the molecule is CC[C@@]1(OC(=O)OCc2ccc(NC(=O)[C@H](C)NC(=O)[C@@H](NC(=O)COCC(=O)NCCOCCOCCOCCOCCOCCOCCOCCOCCN=[N+]=[N-])C(C)C)cc2)C(=O)OCc2c1cc1n(c2=O)Cc2c-1nc1ccccc1c2CCN(C(C)C)S(C)(=O)=O. The smallest absolute Gasteiger partial charge is 0.457 e. The zero-order chi connectivity index (χ0) is 69.5. The quantitative estimate of drug-likeness (QED) is 0.0141. The van der Waals surface area contributed by atoms with E-state index in [0.717, 1.165) is 16.5 Å². The summed E-state index contributed by atoms with van der Waals surface area (Å²) in [5, 5.41) is 14.7. The number of cyclic esters (lactones) is 1. The summed E-state index contributed by atoms with van der Waals surface area (Å²) in [6, 6.07) is 12.9. The van der Waals surface area contributed by atoms with Crippen molar-refractivity contribution in [2.24, 2.45) is 11.0 Å². The maximum Gasteiger partial charge on any atom is 0.510 e. The lowest BCUT2D eigenvalue weighted by Gasteiger charge is -2.35. The number of carbonyl (C=O) groups excluding carboxylic acids is 6. The first-order chi connectivity index (χ1) is 46.2. The molecule has 3 atom stereocenters. The van der Waals surface area contributed by atoms with Crippen LogP contribution in [0.5, 0.6) is 0 Å². The van der Waals surface area contributed by atoms with Crippen LogP contribution in [-0.4, -0.2) is 221 Å². The molecule has 0 unspecified atom stereocenters. The molecule has 2 aromatic heterocycles. The first kappa shape index (κ1) is 77.3. The molecule has 31 nitrogen and oxygen atoms in total. The number of ether oxygens (including phenoxy) is 12. The Hall–Kier alpha value is -7.72. The third-order valence-electron chi connectivity index (χ3n) is 15.2. The number of fused-ring (bicyclic) bond motifs is 5. The average molecular weight is 1370 g/mol. The molecule has 2 aliphatic rings. The highest BCUT2D eigenvalue weighted by atomic mass is 32.2. The fourth-order valence-corrected chi connectivity index (χ4v) is 11.5. The van der Waals surface area contributed by atoms with E-state index in [0.29, 0.717) is 140 Å². The lowest BCUT2D eigenvalue weighted by molar-refractivity contribution is -0.175. The number of anilines is 1. The van der Waals surface area contributed by atoms with Crippen LogP contribution in [0.1, 0.15) is 75.8 Å². The maximum atomic E-state index is 14.4. The van der Waals surface area contributed by atoms with E-state index in [4.69, 9.17) is 67.4 Å². The van der Waals surface area contributed by atoms with Gasteiger partial charge < -0.3 is 82.7 Å². The minimum Gasteiger partial charge on any atom is -0.457 e. The summed E-state index contributed by atoms with van der Waals surface area (Å²) < 4.78 is 94.0. The number of esters is 1. The number of benzene rings is 2. The number of amides is 4. The van der Waals surface area contributed by atoms with Crippen LogP contribution in [0, 0.1) is 5.92 Å². The first-order valence-electron chi connectivity index (χ1n) is 31.8. The van der Waals surface area contributed by atoms with Crippen molar-refractivity contribution in [3.63, 3.8) is 0 Å². The van der Waals surface area contributed by atoms with E-state index in [1.807, 2.05) is 24.3 Å². The third-order valence-corrected chi connectivity index (χ3v) is 16.6. The van der Waals surface area contributed by atoms with Gasteiger partial charge in [-0.3, -0.25) is 24.0 Å². The number of nitrogens with zero attached hydrogens (tertiary/aromatic N) is 6. The Morgan fingerprint density at radius 2 is 1.31 bits per heavy atom. The minimum atomic E-state index is -3.54. The Morgan fingerprint density at radius 3 is 1.88 bits per heavy atom. The van der Waals surface area contributed by atoms with Gasteiger partial charge in [-0.1, -0.05) is 56.2 Å². The second-order valence-electron chi connectivity index (χ2n) is 22.8. The van der Waals surface area contributed by atoms with Gasteiger partial charge in [-0.25, -0.2) is 23.0 Å². The minimum absolute atomic E-state index is 0.118. The summed E-state index contributed by atoms with van der Waals surface area (Å²) >= 11 is 0. The third kappa shape index (κ3) is 23.8. The van der Waals surface area contributed by atoms with Gasteiger partial charge in [0, 0.05) is 52.8 Å². The summed E-state index contributed by atoms with van der Waals surface area (Å²) in [5.74, 6) is -3.65. The zero-order valence-corrected chi connectivity index (χ0v) is 56.4. The van der Waals surface area contributed by atoms with Gasteiger partial charge in [-0.2, -0.15) is 4.31 Å². The van der Waals surface area contributed by atoms with Gasteiger partial charge in [-0.15, -0.1) is 0 Å². The number of para-hydroxylation sites is 1. The predicted octanol–water partition coefficient (Wildman–Crippen LogP) is 3.81. The number of nitrogens with one attached hydrogen (secondary N) is 4. The molecular weight excluding hydrogens is 1280 g/mol. The molecule has 0 radical (unpaired) electrons. The second-order valence-corrected chi connectivity index (χ2v) is 24.7. The van der Waals surface area contributed by atoms with E-state index >= 15 is 0 Å². The summed E-state index contributed by atoms with van der Waals surface area (Å²) in [4.78, 5) is 101. The van der Waals surface area contributed by atoms with Crippen LogP contribution < -0.4 is 26.8 Å². The van der Waals surface area contributed by atoms with Gasteiger partial charge in [0.1, 0.15) is 38.5 Å². The molecule has 0 fully saturated rings. The zero-order valence-electron chi connectivity index (χ0n) is 55.6. The van der Waals surface area contributed by atoms with Gasteiger partial charge in [0.2, 0.25) is 39.3 Å². The molecule has 4 amide bonds. The van der Waals surface area contributed by atoms with Gasteiger partial charge >= 0.3 is 12.1 Å². The molecule has 528 valence electrons. The summed E-state index contributed by atoms with van der Waals surface area (Å²) in [6.07, 6.45) is 0.158. The molecular formula is C64H90N10O21S. The van der Waals surface area contributed by atoms with Gasteiger partial charge in [0.25, 0.3) is 5.56 Å². The number of carbonyl (C=O) groups is 6. The largest absolute Gasteiger partial charge is 0.510 e. The number of rotatable bonds is 46. The van der Waals surface area contributed by atoms with E-state index in [1.54, 1.807) is 65.0 Å². The Morgan fingerprint density at radius 1 is 0.740 bits per heavy atom. The van der Waals surface area contributed by atoms with Gasteiger partial charge in [0.15, 0.2) is 0 Å². The van der Waals surface area contributed by atoms with Crippen molar-refractivity contribution >= 4 is 62.4 Å². The molecule has 0 aliphatic carbocycles. The van der Waals surface area contributed by atoms with Crippen molar-refractivity contribution < 1.29 is 94.0 Å². The highest BCUT2D eigenvalue weighted by molar-refractivity contribution is 7.88. The van der Waals surface area contributed by atoms with Gasteiger partial charge in [-0.05, 0) is 80.5 Å². The van der Waals surface area contributed by atoms with Crippen molar-refractivity contribution in [2.75, 3.05) is 150 Å². The van der Waals surface area contributed by atoms with Crippen molar-refractivity contribution in [2.45, 2.75) is 97.9 Å². The fraction of sp³-hybridized carbons (Fsp3) is 0.594. The number of sulfonamides is 1. The molecule has 0 bridgehead atoms. The van der Waals surface area contributed by atoms with Crippen LogP contribution in [0.3, 0.4) is 0 Å². The van der Waals surface area contributed by atoms with Crippen LogP contribution in [-0.2, 0) is 123 Å². The van der Waals surface area contributed by atoms with Crippen LogP contribution in [0.4, 0.5) is 10.5 Å². The molecule has 96 heavy (non-hydrogen) atoms. The van der Waals surface area contributed by atoms with E-state index in [2.05, 4.69) is 31.3 Å². The summed E-state index contributed by atoms with van der Waals surface area (Å²) in [5.41, 5.74) is 9.78. The second kappa shape index (κ2) is 40.1. The highest BCUT2D eigenvalue weighted by Crippen LogP contribution is 2.42.